The minimum absolute atomic E-state index is 0.00818. The lowest BCUT2D eigenvalue weighted by atomic mass is 9.90. The number of nitrogens with one attached hydrogen (secondary N) is 1. The molecule has 7 rings (SSSR count). The van der Waals surface area contributed by atoms with Crippen LogP contribution in [0.5, 0.6) is 11.6 Å². The van der Waals surface area contributed by atoms with E-state index in [0.717, 1.165) is 68.8 Å². The molecule has 3 aromatic heterocycles. The van der Waals surface area contributed by atoms with Crippen LogP contribution < -0.4 is 14.8 Å². The molecule has 3 aliphatic rings. The van der Waals surface area contributed by atoms with E-state index in [-0.39, 0.29) is 12.2 Å². The summed E-state index contributed by atoms with van der Waals surface area (Å²) in [6.45, 7) is 7.27. The molecule has 45 heavy (non-hydrogen) atoms. The van der Waals surface area contributed by atoms with E-state index in [4.69, 9.17) is 35.6 Å². The molecule has 1 saturated carbocycles. The number of anilines is 2. The van der Waals surface area contributed by atoms with Crippen LogP contribution >= 0.6 is 11.6 Å². The van der Waals surface area contributed by atoms with Gasteiger partial charge in [-0.15, -0.1) is 10.2 Å². The Balaban J connectivity index is 1.02. The van der Waals surface area contributed by atoms with Crippen LogP contribution in [0.1, 0.15) is 38.6 Å². The second-order valence-corrected chi connectivity index (χ2v) is 12.1. The summed E-state index contributed by atoms with van der Waals surface area (Å²) < 4.78 is 26.8. The molecule has 15 heteroatoms. The van der Waals surface area contributed by atoms with Crippen LogP contribution in [-0.4, -0.2) is 103 Å². The normalized spacial score (nSPS) is 21.6. The highest BCUT2D eigenvalue weighted by Crippen LogP contribution is 2.36. The van der Waals surface area contributed by atoms with Crippen LogP contribution in [-0.2, 0) is 16.0 Å². The SMILES string of the molecule is CC(Cn1cnnn1)Oc1cc(-c2cnc(Nc3cn([C@H]4CC[C@H](N5CCOCC5)CC4)nc3OC3COC3)nc2)ccc1Cl. The summed E-state index contributed by atoms with van der Waals surface area (Å²) in [7, 11) is 0. The van der Waals surface area contributed by atoms with Crippen LogP contribution in [0.2, 0.25) is 5.02 Å². The van der Waals surface area contributed by atoms with E-state index in [9.17, 15) is 0 Å². The first-order valence-electron chi connectivity index (χ1n) is 15.5. The molecule has 4 aromatic rings. The van der Waals surface area contributed by atoms with E-state index < -0.39 is 0 Å². The highest BCUT2D eigenvalue weighted by Gasteiger charge is 2.30. The van der Waals surface area contributed by atoms with Gasteiger partial charge >= 0.3 is 0 Å². The Bertz CT molecular complexity index is 1530. The molecule has 0 amide bonds. The first-order chi connectivity index (χ1) is 22.1. The third-order valence-corrected chi connectivity index (χ3v) is 8.83. The Hall–Kier alpha value is -3.85. The molecule has 2 saturated heterocycles. The lowest BCUT2D eigenvalue weighted by Crippen LogP contribution is -2.45. The molecule has 0 spiro atoms. The maximum absolute atomic E-state index is 6.44. The first kappa shape index (κ1) is 29.8. The molecule has 1 atom stereocenters. The van der Waals surface area contributed by atoms with Crippen molar-refractivity contribution in [2.24, 2.45) is 0 Å². The van der Waals surface area contributed by atoms with Gasteiger partial charge in [-0.2, -0.15) is 0 Å². The number of hydrogen-bond acceptors (Lipinski definition) is 12. The summed E-state index contributed by atoms with van der Waals surface area (Å²) in [5.74, 6) is 1.55. The monoisotopic (exact) mass is 636 g/mol. The Kier molecular flexibility index (Phi) is 9.05. The Morgan fingerprint density at radius 2 is 1.80 bits per heavy atom. The Labute approximate surface area is 266 Å². The fourth-order valence-corrected chi connectivity index (χ4v) is 6.18. The van der Waals surface area contributed by atoms with Crippen molar-refractivity contribution in [2.45, 2.75) is 63.4 Å². The minimum atomic E-state index is -0.201. The summed E-state index contributed by atoms with van der Waals surface area (Å²) in [6.07, 6.45) is 11.3. The molecule has 14 nitrogen and oxygen atoms in total. The number of ether oxygens (including phenoxy) is 4. The Morgan fingerprint density at radius 3 is 2.51 bits per heavy atom. The minimum Gasteiger partial charge on any atom is -0.487 e. The summed E-state index contributed by atoms with van der Waals surface area (Å²) in [5.41, 5.74) is 2.44. The molecular formula is C30H37ClN10O4. The number of benzene rings is 1. The van der Waals surface area contributed by atoms with E-state index in [0.29, 0.717) is 54.4 Å². The fourth-order valence-electron chi connectivity index (χ4n) is 6.02. The number of rotatable bonds is 11. The summed E-state index contributed by atoms with van der Waals surface area (Å²) in [6, 6.07) is 6.54. The van der Waals surface area contributed by atoms with Gasteiger partial charge in [0.15, 0.2) is 0 Å². The van der Waals surface area contributed by atoms with Gasteiger partial charge in [-0.05, 0) is 60.7 Å². The molecule has 5 heterocycles. The standard InChI is InChI=1S/C30H37ClN10O4/c1-20(15-40-19-34-37-38-40)44-28-12-21(2-7-26(28)31)22-13-32-30(33-14-22)35-27-16-41(36-29(27)45-25-17-43-18-25)24-5-3-23(4-6-24)39-8-10-42-11-9-39/h2,7,12-14,16,19-20,23-25H,3-6,8-11,15,17-18H2,1H3,(H,32,33,35)/t20?,23-,24-. The first-order valence-corrected chi connectivity index (χ1v) is 15.9. The molecule has 0 radical (unpaired) electrons. The van der Waals surface area contributed by atoms with E-state index in [1.54, 1.807) is 29.5 Å². The average Bonchev–Trinajstić information content (AvgIpc) is 3.71. The third-order valence-electron chi connectivity index (χ3n) is 8.51. The number of aromatic nitrogens is 8. The van der Waals surface area contributed by atoms with Gasteiger partial charge in [-0.1, -0.05) is 17.7 Å². The molecule has 1 aliphatic carbocycles. The number of morpholine rings is 1. The van der Waals surface area contributed by atoms with Crippen LogP contribution in [0, 0.1) is 0 Å². The van der Waals surface area contributed by atoms with Gasteiger partial charge in [0.1, 0.15) is 30.0 Å². The predicted octanol–water partition coefficient (Wildman–Crippen LogP) is 3.78. The third kappa shape index (κ3) is 7.19. The van der Waals surface area contributed by atoms with Crippen molar-refractivity contribution in [1.29, 1.82) is 0 Å². The topological polar surface area (TPSA) is 139 Å². The van der Waals surface area contributed by atoms with Gasteiger partial charge in [0.05, 0.1) is 50.2 Å². The van der Waals surface area contributed by atoms with Crippen molar-refractivity contribution < 1.29 is 18.9 Å². The van der Waals surface area contributed by atoms with Gasteiger partial charge in [-0.25, -0.2) is 14.6 Å². The van der Waals surface area contributed by atoms with Gasteiger partial charge < -0.3 is 24.3 Å². The van der Waals surface area contributed by atoms with Crippen LogP contribution in [0.3, 0.4) is 0 Å². The zero-order valence-corrected chi connectivity index (χ0v) is 25.9. The highest BCUT2D eigenvalue weighted by atomic mass is 35.5. The van der Waals surface area contributed by atoms with Crippen molar-refractivity contribution in [3.8, 4) is 22.8 Å². The van der Waals surface area contributed by atoms with Crippen LogP contribution in [0.15, 0.2) is 43.1 Å². The molecule has 1 unspecified atom stereocenters. The molecule has 2 aliphatic heterocycles. The molecule has 1 aromatic carbocycles. The molecule has 238 valence electrons. The quantitative estimate of drug-likeness (QED) is 0.256. The number of hydrogen-bond donors (Lipinski definition) is 1. The predicted molar refractivity (Wildman–Crippen MR) is 165 cm³/mol. The van der Waals surface area contributed by atoms with Crippen molar-refractivity contribution in [1.82, 2.24) is 44.9 Å². The van der Waals surface area contributed by atoms with Crippen molar-refractivity contribution >= 4 is 23.2 Å². The largest absolute Gasteiger partial charge is 0.487 e. The smallest absolute Gasteiger partial charge is 0.257 e. The van der Waals surface area contributed by atoms with E-state index in [1.807, 2.05) is 25.3 Å². The summed E-state index contributed by atoms with van der Waals surface area (Å²) in [5, 5.41) is 19.9. The molecule has 1 N–H and O–H groups in total. The van der Waals surface area contributed by atoms with Gasteiger partial charge in [0.25, 0.3) is 5.88 Å². The van der Waals surface area contributed by atoms with Gasteiger partial charge in [0, 0.05) is 37.1 Å². The second-order valence-electron chi connectivity index (χ2n) is 11.7. The highest BCUT2D eigenvalue weighted by molar-refractivity contribution is 6.32. The van der Waals surface area contributed by atoms with Crippen LogP contribution in [0.4, 0.5) is 11.6 Å². The lowest BCUT2D eigenvalue weighted by Gasteiger charge is -2.38. The van der Waals surface area contributed by atoms with Crippen molar-refractivity contribution in [3.63, 3.8) is 0 Å². The Morgan fingerprint density at radius 1 is 1.02 bits per heavy atom. The summed E-state index contributed by atoms with van der Waals surface area (Å²) in [4.78, 5) is 11.8. The summed E-state index contributed by atoms with van der Waals surface area (Å²) >= 11 is 6.44. The number of halogens is 1. The van der Waals surface area contributed by atoms with Gasteiger partial charge in [0.2, 0.25) is 5.95 Å². The zero-order valence-electron chi connectivity index (χ0n) is 25.2. The molecule has 3 fully saturated rings. The molecule has 0 bridgehead atoms. The lowest BCUT2D eigenvalue weighted by molar-refractivity contribution is -0.0813. The fraction of sp³-hybridized carbons (Fsp3) is 0.533. The molecular weight excluding hydrogens is 600 g/mol. The number of nitrogens with zero attached hydrogens (tertiary/aromatic N) is 9. The van der Waals surface area contributed by atoms with Crippen molar-refractivity contribution in [2.75, 3.05) is 44.8 Å². The van der Waals surface area contributed by atoms with Crippen LogP contribution in [0.25, 0.3) is 11.1 Å². The number of tetrazole rings is 1. The van der Waals surface area contributed by atoms with E-state index in [2.05, 4.69) is 40.4 Å². The zero-order chi connectivity index (χ0) is 30.6. The maximum Gasteiger partial charge on any atom is 0.257 e. The average molecular weight is 637 g/mol. The van der Waals surface area contributed by atoms with E-state index >= 15 is 0 Å². The van der Waals surface area contributed by atoms with E-state index in [1.165, 1.54) is 0 Å². The second kappa shape index (κ2) is 13.6. The van der Waals surface area contributed by atoms with Crippen molar-refractivity contribution in [3.05, 3.63) is 48.1 Å². The van der Waals surface area contributed by atoms with Gasteiger partial charge in [-0.3, -0.25) is 9.58 Å². The maximum atomic E-state index is 6.44.